The molecule has 4 nitrogen and oxygen atoms in total. The summed E-state index contributed by atoms with van der Waals surface area (Å²) in [7, 11) is 0. The number of carbonyl (C=O) groups is 1. The molecule has 0 aromatic heterocycles. The number of nitrogens with one attached hydrogen (secondary N) is 2. The molecule has 1 aliphatic heterocycles. The minimum absolute atomic E-state index is 0. The van der Waals surface area contributed by atoms with Crippen LogP contribution >= 0.6 is 24.0 Å². The molecule has 2 N–H and O–H groups in total. The van der Waals surface area contributed by atoms with Gasteiger partial charge in [-0.05, 0) is 106 Å². The summed E-state index contributed by atoms with van der Waals surface area (Å²) in [6.07, 6.45) is 12.2. The summed E-state index contributed by atoms with van der Waals surface area (Å²) in [6, 6.07) is 5.76. The zero-order chi connectivity index (χ0) is 20.6. The van der Waals surface area contributed by atoms with Crippen LogP contribution in [0.3, 0.4) is 0 Å². The molecule has 5 fully saturated rings. The van der Waals surface area contributed by atoms with Gasteiger partial charge in [0.05, 0.1) is 10.6 Å². The average molecular weight is 466 g/mol. The van der Waals surface area contributed by atoms with Gasteiger partial charge in [-0.15, -0.1) is 12.4 Å². The van der Waals surface area contributed by atoms with E-state index in [0.717, 1.165) is 43.1 Å². The summed E-state index contributed by atoms with van der Waals surface area (Å²) in [5, 5.41) is 7.30. The number of hydrogen-bond donors (Lipinski definition) is 2. The van der Waals surface area contributed by atoms with Gasteiger partial charge in [0, 0.05) is 25.3 Å². The maximum absolute atomic E-state index is 13.0. The normalized spacial score (nSPS) is 31.8. The first kappa shape index (κ1) is 23.2. The fraction of sp³-hybridized carbons (Fsp3) is 0.720. The first-order chi connectivity index (χ1) is 14.6. The first-order valence-corrected chi connectivity index (χ1v) is 12.5. The van der Waals surface area contributed by atoms with Crippen molar-refractivity contribution in [3.05, 3.63) is 28.8 Å². The molecule has 5 aliphatic rings. The van der Waals surface area contributed by atoms with Crippen LogP contribution in [-0.4, -0.2) is 43.5 Å². The fourth-order valence-electron chi connectivity index (χ4n) is 7.22. The Hall–Kier alpha value is -0.970. The standard InChI is InChI=1S/C25H36ClN3O.ClH/c26-23-5-4-21(27-6-9-29-7-2-1-3-8-29)13-22(23)24(30)28-17-25-14-18-10-19(15-25)12-20(11-18)16-25;/h4-5,13,18-20,27H,1-3,6-12,14-17H2,(H,28,30);1H. The van der Waals surface area contributed by atoms with E-state index in [-0.39, 0.29) is 18.3 Å². The van der Waals surface area contributed by atoms with Crippen LogP contribution < -0.4 is 10.6 Å². The fourth-order valence-corrected chi connectivity index (χ4v) is 7.42. The second-order valence-corrected chi connectivity index (χ2v) is 11.0. The van der Waals surface area contributed by atoms with Gasteiger partial charge in [0.2, 0.25) is 0 Å². The van der Waals surface area contributed by atoms with Gasteiger partial charge in [0.1, 0.15) is 0 Å². The number of anilines is 1. The Balaban J connectivity index is 0.00000231. The third-order valence-electron chi connectivity index (χ3n) is 8.21. The lowest BCUT2D eigenvalue weighted by Crippen LogP contribution is -2.51. The smallest absolute Gasteiger partial charge is 0.252 e. The molecule has 1 heterocycles. The van der Waals surface area contributed by atoms with Crippen LogP contribution in [0, 0.1) is 23.2 Å². The van der Waals surface area contributed by atoms with Crippen molar-refractivity contribution < 1.29 is 4.79 Å². The number of carbonyl (C=O) groups excluding carboxylic acids is 1. The Labute approximate surface area is 198 Å². The van der Waals surface area contributed by atoms with E-state index in [1.807, 2.05) is 18.2 Å². The Morgan fingerprint density at radius 2 is 1.68 bits per heavy atom. The Morgan fingerprint density at radius 3 is 2.32 bits per heavy atom. The van der Waals surface area contributed by atoms with E-state index in [1.165, 1.54) is 70.9 Å². The lowest BCUT2D eigenvalue weighted by molar-refractivity contribution is -0.0503. The summed E-state index contributed by atoms with van der Waals surface area (Å²) in [5.74, 6) is 2.70. The minimum atomic E-state index is -0.0181. The van der Waals surface area contributed by atoms with E-state index in [1.54, 1.807) is 0 Å². The number of halogens is 2. The molecule has 0 radical (unpaired) electrons. The maximum atomic E-state index is 13.0. The van der Waals surface area contributed by atoms with E-state index in [9.17, 15) is 4.79 Å². The molecule has 4 aliphatic carbocycles. The van der Waals surface area contributed by atoms with Crippen molar-refractivity contribution >= 4 is 35.6 Å². The molecule has 31 heavy (non-hydrogen) atoms. The predicted molar refractivity (Wildman–Crippen MR) is 130 cm³/mol. The lowest BCUT2D eigenvalue weighted by atomic mass is 9.49. The van der Waals surface area contributed by atoms with Crippen molar-refractivity contribution in [3.63, 3.8) is 0 Å². The third-order valence-corrected chi connectivity index (χ3v) is 8.54. The topological polar surface area (TPSA) is 44.4 Å². The van der Waals surface area contributed by atoms with Crippen LogP contribution in [0.5, 0.6) is 0 Å². The third kappa shape index (κ3) is 5.34. The van der Waals surface area contributed by atoms with Gasteiger partial charge in [-0.2, -0.15) is 0 Å². The number of nitrogens with zero attached hydrogens (tertiary/aromatic N) is 1. The number of piperidine rings is 1. The molecular formula is C25H37Cl2N3O. The molecule has 1 saturated heterocycles. The molecule has 4 bridgehead atoms. The highest BCUT2D eigenvalue weighted by atomic mass is 35.5. The SMILES string of the molecule is Cl.O=C(NCC12CC3CC(CC(C3)C1)C2)c1cc(NCCN2CCCCC2)ccc1Cl. The van der Waals surface area contributed by atoms with Crippen molar-refractivity contribution in [3.8, 4) is 0 Å². The van der Waals surface area contributed by atoms with Gasteiger partial charge in [0.15, 0.2) is 0 Å². The highest BCUT2D eigenvalue weighted by molar-refractivity contribution is 6.34. The highest BCUT2D eigenvalue weighted by Gasteiger charge is 2.50. The molecule has 6 heteroatoms. The number of rotatable bonds is 7. The molecule has 0 atom stereocenters. The average Bonchev–Trinajstić information content (AvgIpc) is 2.73. The summed E-state index contributed by atoms with van der Waals surface area (Å²) in [6.45, 7) is 5.19. The maximum Gasteiger partial charge on any atom is 0.252 e. The van der Waals surface area contributed by atoms with Crippen LogP contribution in [0.15, 0.2) is 18.2 Å². The highest BCUT2D eigenvalue weighted by Crippen LogP contribution is 2.59. The molecule has 0 unspecified atom stereocenters. The molecular weight excluding hydrogens is 429 g/mol. The molecule has 6 rings (SSSR count). The second kappa shape index (κ2) is 9.89. The zero-order valence-corrected chi connectivity index (χ0v) is 20.1. The first-order valence-electron chi connectivity index (χ1n) is 12.1. The minimum Gasteiger partial charge on any atom is -0.384 e. The molecule has 0 spiro atoms. The summed E-state index contributed by atoms with van der Waals surface area (Å²) >= 11 is 6.40. The molecule has 1 aromatic rings. The van der Waals surface area contributed by atoms with Crippen LogP contribution in [0.2, 0.25) is 5.02 Å². The van der Waals surface area contributed by atoms with Crippen molar-refractivity contribution in [1.29, 1.82) is 0 Å². The van der Waals surface area contributed by atoms with Crippen LogP contribution in [0.25, 0.3) is 0 Å². The van der Waals surface area contributed by atoms with E-state index in [4.69, 9.17) is 11.6 Å². The van der Waals surface area contributed by atoms with Crippen LogP contribution in [0.1, 0.15) is 68.1 Å². The summed E-state index contributed by atoms with van der Waals surface area (Å²) < 4.78 is 0. The number of benzene rings is 1. The second-order valence-electron chi connectivity index (χ2n) is 10.6. The monoisotopic (exact) mass is 465 g/mol. The largest absolute Gasteiger partial charge is 0.384 e. The van der Waals surface area contributed by atoms with Crippen molar-refractivity contribution in [2.24, 2.45) is 23.2 Å². The van der Waals surface area contributed by atoms with E-state index < -0.39 is 0 Å². The number of amides is 1. The molecule has 4 saturated carbocycles. The van der Waals surface area contributed by atoms with E-state index >= 15 is 0 Å². The van der Waals surface area contributed by atoms with Crippen molar-refractivity contribution in [2.75, 3.05) is 38.0 Å². The van der Waals surface area contributed by atoms with Gasteiger partial charge in [-0.25, -0.2) is 0 Å². The van der Waals surface area contributed by atoms with Gasteiger partial charge >= 0.3 is 0 Å². The zero-order valence-electron chi connectivity index (χ0n) is 18.5. The van der Waals surface area contributed by atoms with Gasteiger partial charge < -0.3 is 15.5 Å². The number of likely N-dealkylation sites (tertiary alicyclic amines) is 1. The lowest BCUT2D eigenvalue weighted by Gasteiger charge is -2.56. The van der Waals surface area contributed by atoms with Crippen LogP contribution in [0.4, 0.5) is 5.69 Å². The van der Waals surface area contributed by atoms with Crippen molar-refractivity contribution in [2.45, 2.75) is 57.8 Å². The van der Waals surface area contributed by atoms with Gasteiger partial charge in [0.25, 0.3) is 5.91 Å². The van der Waals surface area contributed by atoms with Gasteiger partial charge in [-0.1, -0.05) is 18.0 Å². The molecule has 1 amide bonds. The van der Waals surface area contributed by atoms with Crippen LogP contribution in [-0.2, 0) is 0 Å². The summed E-state index contributed by atoms with van der Waals surface area (Å²) in [4.78, 5) is 15.5. The number of hydrogen-bond acceptors (Lipinski definition) is 3. The molecule has 1 aromatic carbocycles. The van der Waals surface area contributed by atoms with E-state index in [2.05, 4.69) is 15.5 Å². The Kier molecular flexibility index (Phi) is 7.40. The van der Waals surface area contributed by atoms with Crippen molar-refractivity contribution in [1.82, 2.24) is 10.2 Å². The molecule has 172 valence electrons. The van der Waals surface area contributed by atoms with E-state index in [0.29, 0.717) is 16.0 Å². The Bertz CT molecular complexity index is 743. The quantitative estimate of drug-likeness (QED) is 0.549. The summed E-state index contributed by atoms with van der Waals surface area (Å²) in [5.41, 5.74) is 1.93. The van der Waals surface area contributed by atoms with Gasteiger partial charge in [-0.3, -0.25) is 4.79 Å². The Morgan fingerprint density at radius 1 is 1.03 bits per heavy atom. The predicted octanol–water partition coefficient (Wildman–Crippen LogP) is 5.61.